The van der Waals surface area contributed by atoms with Crippen LogP contribution in [-0.2, 0) is 17.6 Å². The Bertz CT molecular complexity index is 906. The number of hydrogen-bond acceptors (Lipinski definition) is 8. The molecule has 0 spiro atoms. The second kappa shape index (κ2) is 8.72. The minimum Gasteiger partial charge on any atom is -0.484 e. The van der Waals surface area contributed by atoms with Gasteiger partial charge in [0.1, 0.15) is 10.8 Å². The van der Waals surface area contributed by atoms with Crippen LogP contribution in [0.1, 0.15) is 31.6 Å². The molecule has 0 saturated heterocycles. The first kappa shape index (κ1) is 19.0. The van der Waals surface area contributed by atoms with Crippen LogP contribution in [0, 0.1) is 5.92 Å². The zero-order valence-electron chi connectivity index (χ0n) is 15.4. The van der Waals surface area contributed by atoms with Crippen molar-refractivity contribution in [1.82, 2.24) is 20.3 Å². The van der Waals surface area contributed by atoms with E-state index in [4.69, 9.17) is 9.26 Å². The van der Waals surface area contributed by atoms with E-state index in [1.807, 2.05) is 13.0 Å². The van der Waals surface area contributed by atoms with Crippen LogP contribution in [0.15, 0.2) is 28.8 Å². The lowest BCUT2D eigenvalue weighted by Crippen LogP contribution is -2.20. The molecule has 0 radical (unpaired) electrons. The van der Waals surface area contributed by atoms with E-state index in [1.54, 1.807) is 18.2 Å². The maximum atomic E-state index is 12.1. The van der Waals surface area contributed by atoms with Gasteiger partial charge in [0.2, 0.25) is 5.13 Å². The van der Waals surface area contributed by atoms with Crippen molar-refractivity contribution < 1.29 is 14.1 Å². The maximum Gasteiger partial charge on any atom is 0.264 e. The van der Waals surface area contributed by atoms with E-state index in [-0.39, 0.29) is 12.5 Å². The van der Waals surface area contributed by atoms with Crippen LogP contribution in [-0.4, -0.2) is 32.9 Å². The van der Waals surface area contributed by atoms with E-state index >= 15 is 0 Å². The summed E-state index contributed by atoms with van der Waals surface area (Å²) >= 11 is 1.38. The SMILES string of the molecule is CCc1noc(-c2cccc(OCC(=O)Nc3nnc(CC(C)C)s3)c2)n1. The minimum atomic E-state index is -0.293. The molecular weight excluding hydrogens is 366 g/mol. The molecule has 3 aromatic rings. The average molecular weight is 387 g/mol. The van der Waals surface area contributed by atoms with Gasteiger partial charge in [-0.25, -0.2) is 0 Å². The molecular formula is C18H21N5O3S. The van der Waals surface area contributed by atoms with Gasteiger partial charge >= 0.3 is 0 Å². The molecule has 1 amide bonds. The van der Waals surface area contributed by atoms with Gasteiger partial charge in [0.15, 0.2) is 12.4 Å². The second-order valence-electron chi connectivity index (χ2n) is 6.33. The zero-order valence-corrected chi connectivity index (χ0v) is 16.2. The third kappa shape index (κ3) is 5.33. The van der Waals surface area contributed by atoms with E-state index in [0.29, 0.717) is 34.9 Å². The summed E-state index contributed by atoms with van der Waals surface area (Å²) in [5.41, 5.74) is 0.738. The number of anilines is 1. The molecule has 1 aromatic carbocycles. The number of nitrogens with zero attached hydrogens (tertiary/aromatic N) is 4. The van der Waals surface area contributed by atoms with Gasteiger partial charge in [-0.1, -0.05) is 43.3 Å². The fraction of sp³-hybridized carbons (Fsp3) is 0.389. The number of ether oxygens (including phenoxy) is 1. The van der Waals surface area contributed by atoms with Crippen molar-refractivity contribution in [3.05, 3.63) is 35.1 Å². The van der Waals surface area contributed by atoms with E-state index < -0.39 is 0 Å². The van der Waals surface area contributed by atoms with Crippen molar-refractivity contribution >= 4 is 22.4 Å². The third-order valence-corrected chi connectivity index (χ3v) is 4.39. The van der Waals surface area contributed by atoms with Gasteiger partial charge in [0, 0.05) is 18.4 Å². The molecule has 0 aliphatic heterocycles. The number of aromatic nitrogens is 4. The predicted molar refractivity (Wildman–Crippen MR) is 102 cm³/mol. The Balaban J connectivity index is 1.55. The summed E-state index contributed by atoms with van der Waals surface area (Å²) in [7, 11) is 0. The van der Waals surface area contributed by atoms with E-state index in [9.17, 15) is 4.79 Å². The van der Waals surface area contributed by atoms with Gasteiger partial charge in [-0.15, -0.1) is 10.2 Å². The minimum absolute atomic E-state index is 0.132. The number of amides is 1. The number of carbonyl (C=O) groups excluding carboxylic acids is 1. The molecule has 0 aliphatic rings. The molecule has 0 aliphatic carbocycles. The lowest BCUT2D eigenvalue weighted by molar-refractivity contribution is -0.118. The number of aryl methyl sites for hydroxylation is 1. The molecule has 0 atom stereocenters. The summed E-state index contributed by atoms with van der Waals surface area (Å²) in [4.78, 5) is 16.4. The van der Waals surface area contributed by atoms with Gasteiger partial charge < -0.3 is 9.26 Å². The van der Waals surface area contributed by atoms with Crippen LogP contribution in [0.4, 0.5) is 5.13 Å². The van der Waals surface area contributed by atoms with Crippen LogP contribution in [0.5, 0.6) is 5.75 Å². The van der Waals surface area contributed by atoms with Crippen molar-refractivity contribution in [1.29, 1.82) is 0 Å². The zero-order chi connectivity index (χ0) is 19.2. The summed E-state index contributed by atoms with van der Waals surface area (Å²) in [6, 6.07) is 7.17. The predicted octanol–water partition coefficient (Wildman–Crippen LogP) is 3.37. The summed E-state index contributed by atoms with van der Waals surface area (Å²) in [6.45, 7) is 6.04. The van der Waals surface area contributed by atoms with Gasteiger partial charge in [0.05, 0.1) is 0 Å². The van der Waals surface area contributed by atoms with Crippen molar-refractivity contribution in [2.24, 2.45) is 5.92 Å². The summed E-state index contributed by atoms with van der Waals surface area (Å²) in [6.07, 6.45) is 1.54. The lowest BCUT2D eigenvalue weighted by Gasteiger charge is -2.06. The van der Waals surface area contributed by atoms with Crippen LogP contribution in [0.3, 0.4) is 0 Å². The van der Waals surface area contributed by atoms with Crippen LogP contribution in [0.25, 0.3) is 11.5 Å². The largest absolute Gasteiger partial charge is 0.484 e. The Kier molecular flexibility index (Phi) is 6.12. The lowest BCUT2D eigenvalue weighted by atomic mass is 10.1. The molecule has 0 unspecified atom stereocenters. The second-order valence-corrected chi connectivity index (χ2v) is 7.39. The van der Waals surface area contributed by atoms with Gasteiger partial charge in [0.25, 0.3) is 11.8 Å². The smallest absolute Gasteiger partial charge is 0.264 e. The molecule has 0 bridgehead atoms. The Morgan fingerprint density at radius 1 is 1.33 bits per heavy atom. The molecule has 9 heteroatoms. The Morgan fingerprint density at radius 3 is 2.93 bits per heavy atom. The highest BCUT2D eigenvalue weighted by Crippen LogP contribution is 2.23. The maximum absolute atomic E-state index is 12.1. The highest BCUT2D eigenvalue weighted by Gasteiger charge is 2.12. The molecule has 8 nitrogen and oxygen atoms in total. The number of benzene rings is 1. The molecule has 2 aromatic heterocycles. The monoisotopic (exact) mass is 387 g/mol. The first-order valence-corrected chi connectivity index (χ1v) is 9.53. The van der Waals surface area contributed by atoms with E-state index in [0.717, 1.165) is 17.0 Å². The Hall–Kier alpha value is -2.81. The summed E-state index contributed by atoms with van der Waals surface area (Å²) in [5.74, 6) is 1.80. The Morgan fingerprint density at radius 2 is 2.19 bits per heavy atom. The molecule has 0 fully saturated rings. The molecule has 2 heterocycles. The van der Waals surface area contributed by atoms with Crippen molar-refractivity contribution in [2.45, 2.75) is 33.6 Å². The van der Waals surface area contributed by atoms with Gasteiger partial charge in [-0.2, -0.15) is 4.98 Å². The normalized spacial score (nSPS) is 11.0. The standard InChI is InChI=1S/C18H21N5O3S/c1-4-14-19-17(26-23-14)12-6-5-7-13(9-12)25-10-15(24)20-18-22-21-16(27-18)8-11(2)3/h5-7,9,11H,4,8,10H2,1-3H3,(H,20,22,24). The summed E-state index contributed by atoms with van der Waals surface area (Å²) < 4.78 is 10.8. The van der Waals surface area contributed by atoms with Gasteiger partial charge in [-0.3, -0.25) is 10.1 Å². The quantitative estimate of drug-likeness (QED) is 0.632. The van der Waals surface area contributed by atoms with Crippen LogP contribution < -0.4 is 10.1 Å². The fourth-order valence-electron chi connectivity index (χ4n) is 2.27. The van der Waals surface area contributed by atoms with Gasteiger partial charge in [-0.05, 0) is 24.1 Å². The van der Waals surface area contributed by atoms with Crippen molar-refractivity contribution in [2.75, 3.05) is 11.9 Å². The number of carbonyl (C=O) groups is 1. The van der Waals surface area contributed by atoms with E-state index in [2.05, 4.69) is 39.5 Å². The number of rotatable bonds is 8. The Labute approximate surface area is 161 Å². The highest BCUT2D eigenvalue weighted by atomic mass is 32.1. The van der Waals surface area contributed by atoms with Crippen molar-refractivity contribution in [3.8, 4) is 17.2 Å². The van der Waals surface area contributed by atoms with E-state index in [1.165, 1.54) is 11.3 Å². The third-order valence-electron chi connectivity index (χ3n) is 3.53. The molecule has 1 N–H and O–H groups in total. The summed E-state index contributed by atoms with van der Waals surface area (Å²) in [5, 5.41) is 16.0. The first-order chi connectivity index (χ1) is 13.0. The van der Waals surface area contributed by atoms with Crippen LogP contribution >= 0.6 is 11.3 Å². The van der Waals surface area contributed by atoms with Crippen LogP contribution in [0.2, 0.25) is 0 Å². The number of nitrogens with one attached hydrogen (secondary N) is 1. The average Bonchev–Trinajstić information content (AvgIpc) is 3.29. The molecule has 0 saturated carbocycles. The van der Waals surface area contributed by atoms with Crippen molar-refractivity contribution in [3.63, 3.8) is 0 Å². The fourth-order valence-corrected chi connectivity index (χ4v) is 3.24. The number of hydrogen-bond donors (Lipinski definition) is 1. The first-order valence-electron chi connectivity index (χ1n) is 8.71. The highest BCUT2D eigenvalue weighted by molar-refractivity contribution is 7.15. The topological polar surface area (TPSA) is 103 Å². The molecule has 27 heavy (non-hydrogen) atoms. The molecule has 142 valence electrons. The molecule has 3 rings (SSSR count).